The van der Waals surface area contributed by atoms with E-state index in [4.69, 9.17) is 9.26 Å². The van der Waals surface area contributed by atoms with Crippen LogP contribution in [0.2, 0.25) is 0 Å². The standard InChI is InChI=1S/C18H22N4O3/c1-12-16(17(20-25-12)13-5-3-4-7-19-13)18(23)22-9-10-24-15-6-8-21(2)11-14(15)22/h3-5,7,14-15H,6,8-11H2,1-2H3/t14-,15-/m1/s1. The van der Waals surface area contributed by atoms with Gasteiger partial charge in [-0.1, -0.05) is 11.2 Å². The molecule has 4 rings (SSSR count). The highest BCUT2D eigenvalue weighted by molar-refractivity contribution is 6.00. The number of carbonyl (C=O) groups is 1. The highest BCUT2D eigenvalue weighted by Gasteiger charge is 2.40. The van der Waals surface area contributed by atoms with Crippen LogP contribution in [0.4, 0.5) is 0 Å². The number of likely N-dealkylation sites (N-methyl/N-ethyl adjacent to an activating group) is 1. The average molecular weight is 342 g/mol. The van der Waals surface area contributed by atoms with Crippen LogP contribution in [0.15, 0.2) is 28.9 Å². The SMILES string of the molecule is Cc1onc(-c2ccccn2)c1C(=O)N1CCO[C@@H]2CCN(C)C[C@H]21. The van der Waals surface area contributed by atoms with Gasteiger partial charge in [-0.25, -0.2) is 0 Å². The van der Waals surface area contributed by atoms with Crippen molar-refractivity contribution < 1.29 is 14.1 Å². The third kappa shape index (κ3) is 2.94. The molecule has 2 atom stereocenters. The van der Waals surface area contributed by atoms with Crippen LogP contribution in [0.3, 0.4) is 0 Å². The summed E-state index contributed by atoms with van der Waals surface area (Å²) in [5, 5.41) is 4.09. The van der Waals surface area contributed by atoms with E-state index in [1.165, 1.54) is 0 Å². The van der Waals surface area contributed by atoms with Crippen LogP contribution in [0.5, 0.6) is 0 Å². The number of piperidine rings is 1. The molecule has 2 aliphatic heterocycles. The van der Waals surface area contributed by atoms with Crippen LogP contribution in [0.25, 0.3) is 11.4 Å². The van der Waals surface area contributed by atoms with Crippen LogP contribution in [-0.2, 0) is 4.74 Å². The largest absolute Gasteiger partial charge is 0.374 e. The summed E-state index contributed by atoms with van der Waals surface area (Å²) in [5.41, 5.74) is 1.66. The zero-order valence-electron chi connectivity index (χ0n) is 14.5. The fraction of sp³-hybridized carbons (Fsp3) is 0.500. The van der Waals surface area contributed by atoms with E-state index in [2.05, 4.69) is 22.1 Å². The molecule has 2 saturated heterocycles. The molecule has 0 aliphatic carbocycles. The Labute approximate surface area is 146 Å². The number of morpholine rings is 1. The normalized spacial score (nSPS) is 24.2. The second kappa shape index (κ2) is 6.57. The Hall–Kier alpha value is -2.25. The Morgan fingerprint density at radius 3 is 3.00 bits per heavy atom. The van der Waals surface area contributed by atoms with Crippen molar-refractivity contribution >= 4 is 5.91 Å². The number of fused-ring (bicyclic) bond motifs is 1. The second-order valence-corrected chi connectivity index (χ2v) is 6.70. The summed E-state index contributed by atoms with van der Waals surface area (Å²) in [6.45, 7) is 4.74. The van der Waals surface area contributed by atoms with E-state index in [1.807, 2.05) is 23.1 Å². The van der Waals surface area contributed by atoms with Crippen molar-refractivity contribution in [1.29, 1.82) is 0 Å². The Balaban J connectivity index is 1.68. The lowest BCUT2D eigenvalue weighted by Crippen LogP contribution is -2.60. The van der Waals surface area contributed by atoms with E-state index >= 15 is 0 Å². The molecule has 25 heavy (non-hydrogen) atoms. The summed E-state index contributed by atoms with van der Waals surface area (Å²) in [7, 11) is 2.08. The second-order valence-electron chi connectivity index (χ2n) is 6.70. The third-order valence-corrected chi connectivity index (χ3v) is 5.03. The summed E-state index contributed by atoms with van der Waals surface area (Å²) < 4.78 is 11.2. The minimum absolute atomic E-state index is 0.0481. The molecule has 2 fully saturated rings. The van der Waals surface area contributed by atoms with Gasteiger partial charge in [0.15, 0.2) is 0 Å². The fourth-order valence-corrected chi connectivity index (χ4v) is 3.73. The van der Waals surface area contributed by atoms with E-state index < -0.39 is 0 Å². The first-order chi connectivity index (χ1) is 12.1. The topological polar surface area (TPSA) is 71.7 Å². The summed E-state index contributed by atoms with van der Waals surface area (Å²) >= 11 is 0. The summed E-state index contributed by atoms with van der Waals surface area (Å²) in [4.78, 5) is 21.9. The molecule has 0 bridgehead atoms. The number of hydrogen-bond acceptors (Lipinski definition) is 6. The molecule has 0 unspecified atom stereocenters. The maximum Gasteiger partial charge on any atom is 0.260 e. The van der Waals surface area contributed by atoms with Gasteiger partial charge in [0.05, 0.1) is 24.4 Å². The first-order valence-corrected chi connectivity index (χ1v) is 8.64. The van der Waals surface area contributed by atoms with Gasteiger partial charge < -0.3 is 19.1 Å². The van der Waals surface area contributed by atoms with Gasteiger partial charge in [0.1, 0.15) is 17.0 Å². The van der Waals surface area contributed by atoms with Gasteiger partial charge in [0.25, 0.3) is 5.91 Å². The van der Waals surface area contributed by atoms with Crippen molar-refractivity contribution in [2.45, 2.75) is 25.5 Å². The van der Waals surface area contributed by atoms with Crippen molar-refractivity contribution in [3.05, 3.63) is 35.7 Å². The van der Waals surface area contributed by atoms with Crippen LogP contribution in [0.1, 0.15) is 22.5 Å². The van der Waals surface area contributed by atoms with Gasteiger partial charge in [0.2, 0.25) is 0 Å². The maximum atomic E-state index is 13.4. The number of amides is 1. The highest BCUT2D eigenvalue weighted by atomic mass is 16.5. The van der Waals surface area contributed by atoms with Crippen molar-refractivity contribution in [2.24, 2.45) is 0 Å². The van der Waals surface area contributed by atoms with E-state index in [9.17, 15) is 4.79 Å². The molecule has 0 radical (unpaired) electrons. The number of hydrogen-bond donors (Lipinski definition) is 0. The molecular weight excluding hydrogens is 320 g/mol. The van der Waals surface area contributed by atoms with Gasteiger partial charge in [-0.05, 0) is 32.5 Å². The molecule has 0 N–H and O–H groups in total. The first-order valence-electron chi connectivity index (χ1n) is 8.64. The average Bonchev–Trinajstić information content (AvgIpc) is 3.03. The molecule has 0 spiro atoms. The third-order valence-electron chi connectivity index (χ3n) is 5.03. The highest BCUT2D eigenvalue weighted by Crippen LogP contribution is 2.29. The quantitative estimate of drug-likeness (QED) is 0.825. The Morgan fingerprint density at radius 2 is 2.20 bits per heavy atom. The first kappa shape index (κ1) is 16.2. The van der Waals surface area contributed by atoms with Crippen LogP contribution < -0.4 is 0 Å². The van der Waals surface area contributed by atoms with Gasteiger partial charge in [-0.2, -0.15) is 0 Å². The van der Waals surface area contributed by atoms with Crippen LogP contribution in [-0.4, -0.2) is 71.3 Å². The lowest BCUT2D eigenvalue weighted by Gasteiger charge is -2.46. The Kier molecular flexibility index (Phi) is 4.27. The number of pyridine rings is 1. The predicted octanol–water partition coefficient (Wildman–Crippen LogP) is 1.59. The molecule has 2 aromatic rings. The predicted molar refractivity (Wildman–Crippen MR) is 91.1 cm³/mol. The monoisotopic (exact) mass is 342 g/mol. The number of ether oxygens (including phenoxy) is 1. The van der Waals surface area contributed by atoms with Crippen molar-refractivity contribution in [3.8, 4) is 11.4 Å². The van der Waals surface area contributed by atoms with E-state index in [0.717, 1.165) is 19.5 Å². The van der Waals surface area contributed by atoms with Crippen molar-refractivity contribution in [3.63, 3.8) is 0 Å². The zero-order chi connectivity index (χ0) is 17.4. The number of carbonyl (C=O) groups excluding carboxylic acids is 1. The molecule has 0 aromatic carbocycles. The molecule has 1 amide bonds. The number of likely N-dealkylation sites (tertiary alicyclic amines) is 1. The molecule has 7 nitrogen and oxygen atoms in total. The van der Waals surface area contributed by atoms with Crippen molar-refractivity contribution in [1.82, 2.24) is 19.9 Å². The Bertz CT molecular complexity index is 761. The molecule has 7 heteroatoms. The lowest BCUT2D eigenvalue weighted by molar-refractivity contribution is -0.0870. The Morgan fingerprint density at radius 1 is 1.32 bits per heavy atom. The molecule has 2 aromatic heterocycles. The number of rotatable bonds is 2. The van der Waals surface area contributed by atoms with Gasteiger partial charge in [-0.15, -0.1) is 0 Å². The summed E-state index contributed by atoms with van der Waals surface area (Å²) in [5.74, 6) is 0.478. The number of aromatic nitrogens is 2. The van der Waals surface area contributed by atoms with Crippen LogP contribution >= 0.6 is 0 Å². The van der Waals surface area contributed by atoms with Gasteiger partial charge >= 0.3 is 0 Å². The van der Waals surface area contributed by atoms with Crippen molar-refractivity contribution in [2.75, 3.05) is 33.3 Å². The summed E-state index contributed by atoms with van der Waals surface area (Å²) in [6, 6.07) is 5.61. The molecule has 4 heterocycles. The van der Waals surface area contributed by atoms with E-state index in [0.29, 0.717) is 35.9 Å². The minimum atomic E-state index is -0.0481. The van der Waals surface area contributed by atoms with E-state index in [1.54, 1.807) is 13.1 Å². The molecule has 2 aliphatic rings. The molecule has 0 saturated carbocycles. The summed E-state index contributed by atoms with van der Waals surface area (Å²) in [6.07, 6.45) is 2.74. The number of nitrogens with zero attached hydrogens (tertiary/aromatic N) is 4. The maximum absolute atomic E-state index is 13.4. The molecule has 132 valence electrons. The zero-order valence-corrected chi connectivity index (χ0v) is 14.5. The van der Waals surface area contributed by atoms with Gasteiger partial charge in [0, 0.05) is 25.8 Å². The van der Waals surface area contributed by atoms with E-state index in [-0.39, 0.29) is 18.1 Å². The fourth-order valence-electron chi connectivity index (χ4n) is 3.73. The lowest BCUT2D eigenvalue weighted by atomic mass is 9.97. The minimum Gasteiger partial charge on any atom is -0.374 e. The van der Waals surface area contributed by atoms with Gasteiger partial charge in [-0.3, -0.25) is 9.78 Å². The smallest absolute Gasteiger partial charge is 0.260 e. The molecular formula is C18H22N4O3. The number of aryl methyl sites for hydroxylation is 1. The van der Waals surface area contributed by atoms with Crippen LogP contribution in [0, 0.1) is 6.92 Å².